The first-order valence-corrected chi connectivity index (χ1v) is 7.74. The van der Waals surface area contributed by atoms with E-state index in [0.717, 1.165) is 11.1 Å². The van der Waals surface area contributed by atoms with Crippen LogP contribution in [0.1, 0.15) is 42.3 Å². The van der Waals surface area contributed by atoms with Crippen LogP contribution in [0.15, 0.2) is 64.9 Å². The molecule has 24 heavy (non-hydrogen) atoms. The number of amides is 1. The molecule has 1 amide bonds. The molecule has 0 atom stereocenters. The summed E-state index contributed by atoms with van der Waals surface area (Å²) in [5.74, 6) is -0.324. The molecule has 2 aromatic carbocycles. The summed E-state index contributed by atoms with van der Waals surface area (Å²) in [4.78, 5) is 22.8. The third-order valence-electron chi connectivity index (χ3n) is 3.63. The Bertz CT molecular complexity index is 729. The van der Waals surface area contributed by atoms with E-state index in [-0.39, 0.29) is 17.9 Å². The number of nitroso groups, excluding NO2 is 1. The van der Waals surface area contributed by atoms with Gasteiger partial charge in [0.25, 0.3) is 5.91 Å². The Labute approximate surface area is 141 Å². The number of hydrogen-bond acceptors (Lipinski definition) is 4. The molecular weight excluding hydrogens is 302 g/mol. The number of nitrogens with one attached hydrogen (secondary N) is 1. The third kappa shape index (κ3) is 4.59. The van der Waals surface area contributed by atoms with Gasteiger partial charge in [-0.1, -0.05) is 68.4 Å². The van der Waals surface area contributed by atoms with Crippen LogP contribution >= 0.6 is 0 Å². The number of carbonyl (C=O) groups is 1. The first-order chi connectivity index (χ1) is 11.4. The van der Waals surface area contributed by atoms with Crippen LogP contribution in [0.3, 0.4) is 0 Å². The summed E-state index contributed by atoms with van der Waals surface area (Å²) in [6, 6.07) is 16.6. The molecule has 2 rings (SSSR count). The summed E-state index contributed by atoms with van der Waals surface area (Å²) in [6.45, 7) is 6.24. The molecule has 0 fully saturated rings. The SMILES string of the molecule is CC(C)(C)c1ccc(C(=O)NN=C(CN=O)c2ccccc2)cc1. The lowest BCUT2D eigenvalue weighted by Crippen LogP contribution is -2.21. The van der Waals surface area contributed by atoms with Gasteiger partial charge in [0.1, 0.15) is 6.54 Å². The Hall–Kier alpha value is -2.82. The molecule has 0 spiro atoms. The summed E-state index contributed by atoms with van der Waals surface area (Å²) < 4.78 is 0. The van der Waals surface area contributed by atoms with Gasteiger partial charge in [-0.3, -0.25) is 4.79 Å². The maximum atomic E-state index is 12.2. The maximum absolute atomic E-state index is 12.2. The van der Waals surface area contributed by atoms with Crippen molar-refractivity contribution >= 4 is 11.6 Å². The van der Waals surface area contributed by atoms with Crippen molar-refractivity contribution in [1.29, 1.82) is 0 Å². The maximum Gasteiger partial charge on any atom is 0.271 e. The van der Waals surface area contributed by atoms with Crippen molar-refractivity contribution < 1.29 is 4.79 Å². The number of hydrogen-bond donors (Lipinski definition) is 1. The van der Waals surface area contributed by atoms with Gasteiger partial charge in [0.2, 0.25) is 0 Å². The molecule has 0 bridgehead atoms. The number of benzene rings is 2. The first kappa shape index (κ1) is 17.5. The fourth-order valence-corrected chi connectivity index (χ4v) is 2.19. The molecule has 0 radical (unpaired) electrons. The van der Waals surface area contributed by atoms with Crippen LogP contribution in [0, 0.1) is 4.91 Å². The molecule has 0 unspecified atom stereocenters. The van der Waals surface area contributed by atoms with E-state index >= 15 is 0 Å². The lowest BCUT2D eigenvalue weighted by Gasteiger charge is -2.18. The van der Waals surface area contributed by atoms with E-state index < -0.39 is 0 Å². The Morgan fingerprint density at radius 1 is 0.958 bits per heavy atom. The number of nitrogens with zero attached hydrogens (tertiary/aromatic N) is 2. The van der Waals surface area contributed by atoms with E-state index in [1.54, 1.807) is 12.1 Å². The van der Waals surface area contributed by atoms with Gasteiger partial charge < -0.3 is 0 Å². The fraction of sp³-hybridized carbons (Fsp3) is 0.263. The molecule has 0 saturated carbocycles. The highest BCUT2D eigenvalue weighted by molar-refractivity contribution is 6.03. The summed E-state index contributed by atoms with van der Waals surface area (Å²) in [7, 11) is 0. The van der Waals surface area contributed by atoms with Crippen molar-refractivity contribution in [3.05, 3.63) is 76.2 Å². The van der Waals surface area contributed by atoms with Crippen molar-refractivity contribution in [3.63, 3.8) is 0 Å². The molecule has 2 aromatic rings. The molecule has 0 aliphatic rings. The smallest absolute Gasteiger partial charge is 0.267 e. The van der Waals surface area contributed by atoms with Gasteiger partial charge in [0.15, 0.2) is 0 Å². The molecular formula is C19H21N3O2. The molecule has 0 aliphatic carbocycles. The number of rotatable bonds is 5. The Morgan fingerprint density at radius 2 is 1.58 bits per heavy atom. The van der Waals surface area contributed by atoms with Gasteiger partial charge in [-0.15, -0.1) is 0 Å². The van der Waals surface area contributed by atoms with E-state index in [2.05, 4.69) is 36.5 Å². The fourth-order valence-electron chi connectivity index (χ4n) is 2.19. The second-order valence-electron chi connectivity index (χ2n) is 6.48. The van der Waals surface area contributed by atoms with Gasteiger partial charge in [-0.2, -0.15) is 10.0 Å². The van der Waals surface area contributed by atoms with Crippen molar-refractivity contribution in [1.82, 2.24) is 5.43 Å². The molecule has 0 saturated heterocycles. The lowest BCUT2D eigenvalue weighted by atomic mass is 9.87. The van der Waals surface area contributed by atoms with Crippen LogP contribution in [-0.2, 0) is 5.41 Å². The lowest BCUT2D eigenvalue weighted by molar-refractivity contribution is 0.0955. The van der Waals surface area contributed by atoms with E-state index in [1.807, 2.05) is 42.5 Å². The summed E-state index contributed by atoms with van der Waals surface area (Å²) in [6.07, 6.45) is 0. The van der Waals surface area contributed by atoms with Gasteiger partial charge in [-0.05, 0) is 28.7 Å². The minimum Gasteiger partial charge on any atom is -0.267 e. The highest BCUT2D eigenvalue weighted by Gasteiger charge is 2.14. The molecule has 5 heteroatoms. The highest BCUT2D eigenvalue weighted by Crippen LogP contribution is 2.22. The van der Waals surface area contributed by atoms with Crippen LogP contribution in [0.2, 0.25) is 0 Å². The van der Waals surface area contributed by atoms with Gasteiger partial charge in [-0.25, -0.2) is 5.43 Å². The summed E-state index contributed by atoms with van der Waals surface area (Å²) in [5.41, 5.74) is 5.36. The molecule has 0 aliphatic heterocycles. The van der Waals surface area contributed by atoms with Crippen molar-refractivity contribution in [2.75, 3.05) is 6.54 Å². The zero-order chi connectivity index (χ0) is 17.6. The Balaban J connectivity index is 2.14. The van der Waals surface area contributed by atoms with E-state index in [4.69, 9.17) is 0 Å². The van der Waals surface area contributed by atoms with Gasteiger partial charge in [0, 0.05) is 5.56 Å². The van der Waals surface area contributed by atoms with Crippen LogP contribution in [-0.4, -0.2) is 18.2 Å². The normalized spacial score (nSPS) is 11.9. The van der Waals surface area contributed by atoms with Gasteiger partial charge in [0.05, 0.1) is 5.71 Å². The topological polar surface area (TPSA) is 70.9 Å². The number of carbonyl (C=O) groups excluding carboxylic acids is 1. The third-order valence-corrected chi connectivity index (χ3v) is 3.63. The Morgan fingerprint density at radius 3 is 2.12 bits per heavy atom. The predicted molar refractivity (Wildman–Crippen MR) is 96.2 cm³/mol. The minimum absolute atomic E-state index is 0.0310. The highest BCUT2D eigenvalue weighted by atomic mass is 16.3. The molecule has 0 aromatic heterocycles. The van der Waals surface area contributed by atoms with Crippen LogP contribution in [0.25, 0.3) is 0 Å². The van der Waals surface area contributed by atoms with E-state index in [1.165, 1.54) is 0 Å². The number of hydrazone groups is 1. The largest absolute Gasteiger partial charge is 0.271 e. The van der Waals surface area contributed by atoms with E-state index in [9.17, 15) is 9.70 Å². The van der Waals surface area contributed by atoms with Crippen molar-refractivity contribution in [3.8, 4) is 0 Å². The average Bonchev–Trinajstić information content (AvgIpc) is 2.58. The van der Waals surface area contributed by atoms with Crippen molar-refractivity contribution in [2.45, 2.75) is 26.2 Å². The zero-order valence-electron chi connectivity index (χ0n) is 14.1. The predicted octanol–water partition coefficient (Wildman–Crippen LogP) is 3.88. The quantitative estimate of drug-likeness (QED) is 0.515. The second kappa shape index (κ2) is 7.64. The van der Waals surface area contributed by atoms with Crippen LogP contribution < -0.4 is 5.43 Å². The second-order valence-corrected chi connectivity index (χ2v) is 6.48. The molecule has 124 valence electrons. The van der Waals surface area contributed by atoms with E-state index in [0.29, 0.717) is 11.3 Å². The monoisotopic (exact) mass is 323 g/mol. The average molecular weight is 323 g/mol. The zero-order valence-corrected chi connectivity index (χ0v) is 14.1. The summed E-state index contributed by atoms with van der Waals surface area (Å²) in [5, 5.41) is 6.92. The van der Waals surface area contributed by atoms with Crippen LogP contribution in [0.5, 0.6) is 0 Å². The van der Waals surface area contributed by atoms with Gasteiger partial charge >= 0.3 is 0 Å². The van der Waals surface area contributed by atoms with Crippen LogP contribution in [0.4, 0.5) is 0 Å². The molecule has 5 nitrogen and oxygen atoms in total. The molecule has 1 N–H and O–H groups in total. The minimum atomic E-state index is -0.324. The van der Waals surface area contributed by atoms with Crippen molar-refractivity contribution in [2.24, 2.45) is 10.3 Å². The summed E-state index contributed by atoms with van der Waals surface area (Å²) >= 11 is 0. The Kier molecular flexibility index (Phi) is 5.58. The molecule has 0 heterocycles. The standard InChI is InChI=1S/C19H21N3O2/c1-19(2,3)16-11-9-15(10-12-16)18(23)22-21-17(13-20-24)14-7-5-4-6-8-14/h4-12H,13H2,1-3H3,(H,22,23). The first-order valence-electron chi connectivity index (χ1n) is 7.74.